The molecule has 0 amide bonds. The fourth-order valence-electron chi connectivity index (χ4n) is 2.34. The number of hydrogen-bond acceptors (Lipinski definition) is 8. The molecule has 0 bridgehead atoms. The van der Waals surface area contributed by atoms with E-state index in [1.165, 1.54) is 50.6 Å². The van der Waals surface area contributed by atoms with Crippen molar-refractivity contribution in [2.45, 2.75) is 4.90 Å². The molecule has 0 atom stereocenters. The summed E-state index contributed by atoms with van der Waals surface area (Å²) in [5.41, 5.74) is -0.534. The maximum absolute atomic E-state index is 13.2. The number of carbonyl (C=O) groups is 1. The van der Waals surface area contributed by atoms with Crippen LogP contribution in [0.3, 0.4) is 0 Å². The number of rotatable bonds is 8. The fourth-order valence-corrected chi connectivity index (χ4v) is 3.75. The number of carbonyl (C=O) groups excluding carboxylic acids is 1. The van der Waals surface area contributed by atoms with Crippen molar-refractivity contribution in [2.24, 2.45) is 0 Å². The molecule has 0 spiro atoms. The predicted octanol–water partition coefficient (Wildman–Crippen LogP) is 1.98. The van der Waals surface area contributed by atoms with Crippen molar-refractivity contribution in [3.8, 4) is 11.5 Å². The number of hydrogen-bond donors (Lipinski definition) is 0. The standard InChI is InChI=1S/C17H18N2O8S/c1-25-13-5-7-14(8-6-13)28(23,24)18(11-17(20)27-3)15-10-12(19(21)22)4-9-16(15)26-2/h4-10H,11H2,1-3H3. The van der Waals surface area contributed by atoms with E-state index >= 15 is 0 Å². The smallest absolute Gasteiger partial charge is 0.326 e. The molecule has 0 aliphatic heterocycles. The van der Waals surface area contributed by atoms with Crippen molar-refractivity contribution >= 4 is 27.4 Å². The van der Waals surface area contributed by atoms with Crippen molar-refractivity contribution in [1.82, 2.24) is 0 Å². The van der Waals surface area contributed by atoms with Crippen molar-refractivity contribution in [2.75, 3.05) is 32.2 Å². The zero-order chi connectivity index (χ0) is 20.9. The first-order valence-electron chi connectivity index (χ1n) is 7.80. The highest BCUT2D eigenvalue weighted by Gasteiger charge is 2.31. The second-order valence-corrected chi connectivity index (χ2v) is 7.24. The Labute approximate surface area is 161 Å². The van der Waals surface area contributed by atoms with Gasteiger partial charge in [-0.05, 0) is 30.3 Å². The Balaban J connectivity index is 2.66. The van der Waals surface area contributed by atoms with E-state index in [-0.39, 0.29) is 22.0 Å². The van der Waals surface area contributed by atoms with Crippen molar-refractivity contribution in [3.05, 3.63) is 52.6 Å². The Morgan fingerprint density at radius 3 is 2.21 bits per heavy atom. The van der Waals surface area contributed by atoms with E-state index in [1.54, 1.807) is 0 Å². The Morgan fingerprint density at radius 2 is 1.71 bits per heavy atom. The molecule has 2 aromatic rings. The van der Waals surface area contributed by atoms with Crippen LogP contribution in [-0.4, -0.2) is 47.2 Å². The molecule has 0 heterocycles. The van der Waals surface area contributed by atoms with E-state index in [0.717, 1.165) is 13.2 Å². The summed E-state index contributed by atoms with van der Waals surface area (Å²) in [7, 11) is -0.472. The summed E-state index contributed by atoms with van der Waals surface area (Å²) in [6, 6.07) is 8.90. The van der Waals surface area contributed by atoms with Crippen LogP contribution in [0.5, 0.6) is 11.5 Å². The third kappa shape index (κ3) is 4.31. The van der Waals surface area contributed by atoms with Gasteiger partial charge in [0.25, 0.3) is 15.7 Å². The van der Waals surface area contributed by atoms with E-state index in [2.05, 4.69) is 4.74 Å². The molecule has 0 aliphatic rings. The third-order valence-corrected chi connectivity index (χ3v) is 5.56. The van der Waals surface area contributed by atoms with Crippen LogP contribution in [-0.2, 0) is 19.6 Å². The molecule has 2 rings (SSSR count). The highest BCUT2D eigenvalue weighted by atomic mass is 32.2. The molecule has 0 saturated carbocycles. The van der Waals surface area contributed by atoms with Gasteiger partial charge in [0.2, 0.25) is 0 Å². The van der Waals surface area contributed by atoms with Crippen molar-refractivity contribution < 1.29 is 32.3 Å². The number of nitro benzene ring substituents is 1. The van der Waals surface area contributed by atoms with E-state index in [0.29, 0.717) is 10.1 Å². The Hall–Kier alpha value is -3.34. The van der Waals surface area contributed by atoms with E-state index < -0.39 is 27.5 Å². The largest absolute Gasteiger partial charge is 0.497 e. The lowest BCUT2D eigenvalue weighted by Crippen LogP contribution is -2.36. The molecule has 0 aromatic heterocycles. The van der Waals surface area contributed by atoms with Crippen LogP contribution in [0.15, 0.2) is 47.4 Å². The van der Waals surface area contributed by atoms with Crippen LogP contribution in [0.25, 0.3) is 0 Å². The summed E-state index contributed by atoms with van der Waals surface area (Å²) in [5.74, 6) is -0.386. The van der Waals surface area contributed by atoms with Gasteiger partial charge in [0.1, 0.15) is 23.7 Å². The minimum absolute atomic E-state index is 0.0339. The topological polar surface area (TPSA) is 125 Å². The van der Waals surface area contributed by atoms with Crippen molar-refractivity contribution in [1.29, 1.82) is 0 Å². The maximum atomic E-state index is 13.2. The Kier molecular flexibility index (Phi) is 6.41. The molecule has 0 fully saturated rings. The average Bonchev–Trinajstić information content (AvgIpc) is 2.71. The quantitative estimate of drug-likeness (QED) is 0.367. The minimum atomic E-state index is -4.28. The SMILES string of the molecule is COC(=O)CN(c1cc([N+](=O)[O-])ccc1OC)S(=O)(=O)c1ccc(OC)cc1. The summed E-state index contributed by atoms with van der Waals surface area (Å²) in [4.78, 5) is 22.2. The van der Waals surface area contributed by atoms with E-state index in [1.807, 2.05) is 0 Å². The van der Waals surface area contributed by atoms with Gasteiger partial charge in [-0.25, -0.2) is 8.42 Å². The van der Waals surface area contributed by atoms with Gasteiger partial charge in [-0.2, -0.15) is 0 Å². The number of nitrogens with zero attached hydrogens (tertiary/aromatic N) is 2. The highest BCUT2D eigenvalue weighted by Crippen LogP contribution is 2.35. The predicted molar refractivity (Wildman–Crippen MR) is 99.2 cm³/mol. The first-order valence-corrected chi connectivity index (χ1v) is 9.24. The molecule has 0 radical (unpaired) electrons. The van der Waals surface area contributed by atoms with Gasteiger partial charge in [-0.1, -0.05) is 0 Å². The lowest BCUT2D eigenvalue weighted by molar-refractivity contribution is -0.384. The van der Waals surface area contributed by atoms with Gasteiger partial charge in [-0.3, -0.25) is 19.2 Å². The van der Waals surface area contributed by atoms with Gasteiger partial charge in [0.05, 0.1) is 31.1 Å². The van der Waals surface area contributed by atoms with Crippen LogP contribution in [0.4, 0.5) is 11.4 Å². The summed E-state index contributed by atoms with van der Waals surface area (Å²) < 4.78 is 41.8. The molecule has 0 aliphatic carbocycles. The summed E-state index contributed by atoms with van der Waals surface area (Å²) in [6.07, 6.45) is 0. The summed E-state index contributed by atoms with van der Waals surface area (Å²) in [6.45, 7) is -0.706. The lowest BCUT2D eigenvalue weighted by Gasteiger charge is -2.25. The molecular formula is C17H18N2O8S. The molecule has 2 aromatic carbocycles. The van der Waals surface area contributed by atoms with E-state index in [9.17, 15) is 23.3 Å². The molecular weight excluding hydrogens is 392 g/mol. The summed E-state index contributed by atoms with van der Waals surface area (Å²) >= 11 is 0. The number of sulfonamides is 1. The molecule has 0 saturated heterocycles. The number of benzene rings is 2. The van der Waals surface area contributed by atoms with Gasteiger partial charge < -0.3 is 14.2 Å². The number of anilines is 1. The van der Waals surface area contributed by atoms with Gasteiger partial charge in [-0.15, -0.1) is 0 Å². The van der Waals surface area contributed by atoms with Crippen LogP contribution < -0.4 is 13.8 Å². The van der Waals surface area contributed by atoms with Crippen LogP contribution in [0.1, 0.15) is 0 Å². The first kappa shape index (κ1) is 21.0. The molecule has 0 unspecified atom stereocenters. The average molecular weight is 410 g/mol. The normalized spacial score (nSPS) is 10.8. The number of esters is 1. The number of nitro groups is 1. The zero-order valence-electron chi connectivity index (χ0n) is 15.3. The minimum Gasteiger partial charge on any atom is -0.497 e. The van der Waals surface area contributed by atoms with Gasteiger partial charge >= 0.3 is 5.97 Å². The highest BCUT2D eigenvalue weighted by molar-refractivity contribution is 7.92. The third-order valence-electron chi connectivity index (χ3n) is 3.79. The molecule has 28 heavy (non-hydrogen) atoms. The Bertz CT molecular complexity index is 973. The maximum Gasteiger partial charge on any atom is 0.326 e. The lowest BCUT2D eigenvalue weighted by atomic mass is 10.2. The molecule has 0 N–H and O–H groups in total. The monoisotopic (exact) mass is 410 g/mol. The number of ether oxygens (including phenoxy) is 3. The number of non-ortho nitro benzene ring substituents is 1. The molecule has 11 heteroatoms. The Morgan fingerprint density at radius 1 is 1.07 bits per heavy atom. The fraction of sp³-hybridized carbons (Fsp3) is 0.235. The van der Waals surface area contributed by atoms with Crippen LogP contribution in [0, 0.1) is 10.1 Å². The molecule has 150 valence electrons. The second-order valence-electron chi connectivity index (χ2n) is 5.38. The van der Waals surface area contributed by atoms with Crippen LogP contribution in [0.2, 0.25) is 0 Å². The van der Waals surface area contributed by atoms with Crippen LogP contribution >= 0.6 is 0 Å². The number of methoxy groups -OCH3 is 3. The summed E-state index contributed by atoms with van der Waals surface area (Å²) in [5, 5.41) is 11.1. The van der Waals surface area contributed by atoms with Gasteiger partial charge in [0, 0.05) is 12.1 Å². The van der Waals surface area contributed by atoms with Gasteiger partial charge in [0.15, 0.2) is 0 Å². The zero-order valence-corrected chi connectivity index (χ0v) is 16.1. The first-order chi connectivity index (χ1) is 13.2. The molecule has 10 nitrogen and oxygen atoms in total. The van der Waals surface area contributed by atoms with E-state index in [4.69, 9.17) is 9.47 Å². The van der Waals surface area contributed by atoms with Crippen molar-refractivity contribution in [3.63, 3.8) is 0 Å². The second kappa shape index (κ2) is 8.57.